The molecule has 1 fully saturated rings. The fraction of sp³-hybridized carbons (Fsp3) is 0.867. The summed E-state index contributed by atoms with van der Waals surface area (Å²) in [5, 5.41) is 12.2. The summed E-state index contributed by atoms with van der Waals surface area (Å²) in [5.41, 5.74) is -1.08. The summed E-state index contributed by atoms with van der Waals surface area (Å²) in [6, 6.07) is -0.274. The number of amides is 2. The predicted molar refractivity (Wildman–Crippen MR) is 80.3 cm³/mol. The highest BCUT2D eigenvalue weighted by Crippen LogP contribution is 2.28. The maximum Gasteiger partial charge on any atom is 0.329 e. The van der Waals surface area contributed by atoms with Crippen LogP contribution in [0.5, 0.6) is 0 Å². The number of unbranched alkanes of at least 4 members (excludes halogenated alkanes) is 1. The third-order valence-corrected chi connectivity index (χ3v) is 3.90. The molecule has 6 nitrogen and oxygen atoms in total. The topological polar surface area (TPSA) is 78.9 Å². The zero-order chi connectivity index (χ0) is 15.9. The van der Waals surface area contributed by atoms with Crippen molar-refractivity contribution in [1.82, 2.24) is 10.2 Å². The molecule has 0 aromatic rings. The van der Waals surface area contributed by atoms with Gasteiger partial charge in [-0.05, 0) is 52.9 Å². The fourth-order valence-electron chi connectivity index (χ4n) is 2.51. The molecule has 0 aromatic heterocycles. The third kappa shape index (κ3) is 5.19. The molecule has 0 bridgehead atoms. The molecule has 1 aliphatic rings. The van der Waals surface area contributed by atoms with E-state index in [-0.39, 0.29) is 12.1 Å². The van der Waals surface area contributed by atoms with Crippen molar-refractivity contribution in [3.63, 3.8) is 0 Å². The van der Waals surface area contributed by atoms with Crippen LogP contribution in [0.1, 0.15) is 52.9 Å². The maximum absolute atomic E-state index is 12.2. The highest BCUT2D eigenvalue weighted by atomic mass is 16.5. The van der Waals surface area contributed by atoms with E-state index in [0.717, 1.165) is 25.7 Å². The van der Waals surface area contributed by atoms with E-state index < -0.39 is 11.5 Å². The predicted octanol–water partition coefficient (Wildman–Crippen LogP) is 2.23. The highest BCUT2D eigenvalue weighted by molar-refractivity contribution is 5.86. The van der Waals surface area contributed by atoms with Crippen LogP contribution in [0, 0.1) is 0 Å². The number of aliphatic carboxylic acids is 1. The first-order chi connectivity index (χ1) is 9.88. The van der Waals surface area contributed by atoms with Gasteiger partial charge in [0.15, 0.2) is 0 Å². The normalized spacial score (nSPS) is 22.4. The summed E-state index contributed by atoms with van der Waals surface area (Å²) < 4.78 is 5.43. The lowest BCUT2D eigenvalue weighted by Crippen LogP contribution is -2.60. The van der Waals surface area contributed by atoms with Gasteiger partial charge >= 0.3 is 12.0 Å². The lowest BCUT2D eigenvalue weighted by molar-refractivity contribution is -0.150. The van der Waals surface area contributed by atoms with Gasteiger partial charge in [0, 0.05) is 19.7 Å². The van der Waals surface area contributed by atoms with Crippen molar-refractivity contribution in [2.75, 3.05) is 19.7 Å². The Morgan fingerprint density at radius 1 is 1.33 bits per heavy atom. The molecule has 1 unspecified atom stereocenters. The minimum atomic E-state index is -1.08. The summed E-state index contributed by atoms with van der Waals surface area (Å²) in [7, 11) is 0. The summed E-state index contributed by atoms with van der Waals surface area (Å²) in [6.45, 7) is 7.35. The van der Waals surface area contributed by atoms with Gasteiger partial charge < -0.3 is 20.1 Å². The SMILES string of the molecule is CC(C)OCCCCNC(=O)N1CCCCC1(C)C(=O)O. The third-order valence-electron chi connectivity index (χ3n) is 3.90. The number of nitrogens with one attached hydrogen (secondary N) is 1. The van der Waals surface area contributed by atoms with E-state index in [1.54, 1.807) is 6.92 Å². The summed E-state index contributed by atoms with van der Waals surface area (Å²) in [5.74, 6) is -0.928. The minimum Gasteiger partial charge on any atom is -0.480 e. The highest BCUT2D eigenvalue weighted by Gasteiger charge is 2.43. The average molecular weight is 300 g/mol. The number of carboxylic acids is 1. The molecule has 122 valence electrons. The number of piperidine rings is 1. The van der Waals surface area contributed by atoms with Gasteiger partial charge in [0.25, 0.3) is 0 Å². The van der Waals surface area contributed by atoms with Gasteiger partial charge in [0.2, 0.25) is 0 Å². The number of nitrogens with zero attached hydrogens (tertiary/aromatic N) is 1. The molecule has 21 heavy (non-hydrogen) atoms. The van der Waals surface area contributed by atoms with Gasteiger partial charge in [-0.25, -0.2) is 9.59 Å². The zero-order valence-electron chi connectivity index (χ0n) is 13.4. The molecular formula is C15H28N2O4. The standard InChI is InChI=1S/C15H28N2O4/c1-12(2)21-11-7-5-9-16-14(20)17-10-6-4-8-15(17,3)13(18)19/h12H,4-11H2,1-3H3,(H,16,20)(H,18,19). The van der Waals surface area contributed by atoms with E-state index in [2.05, 4.69) is 5.32 Å². The van der Waals surface area contributed by atoms with Crippen LogP contribution in [0.4, 0.5) is 4.79 Å². The number of carbonyl (C=O) groups excluding carboxylic acids is 1. The number of carboxylic acid groups (broad SMARTS) is 1. The minimum absolute atomic E-state index is 0.226. The van der Waals surface area contributed by atoms with Crippen LogP contribution >= 0.6 is 0 Å². The van der Waals surface area contributed by atoms with Crippen LogP contribution in [0.2, 0.25) is 0 Å². The second-order valence-electron chi connectivity index (χ2n) is 6.05. The van der Waals surface area contributed by atoms with Crippen molar-refractivity contribution in [3.8, 4) is 0 Å². The molecule has 2 N–H and O–H groups in total. The van der Waals surface area contributed by atoms with E-state index in [0.29, 0.717) is 26.1 Å². The summed E-state index contributed by atoms with van der Waals surface area (Å²) >= 11 is 0. The molecule has 0 aliphatic carbocycles. The van der Waals surface area contributed by atoms with Gasteiger partial charge in [0.05, 0.1) is 6.10 Å². The Hall–Kier alpha value is -1.30. The van der Waals surface area contributed by atoms with E-state index >= 15 is 0 Å². The lowest BCUT2D eigenvalue weighted by atomic mass is 9.89. The van der Waals surface area contributed by atoms with E-state index in [4.69, 9.17) is 4.74 Å². The Labute approximate surface area is 126 Å². The van der Waals surface area contributed by atoms with Gasteiger partial charge in [0.1, 0.15) is 5.54 Å². The number of likely N-dealkylation sites (tertiary alicyclic amines) is 1. The molecule has 0 aromatic carbocycles. The Bertz CT molecular complexity index is 360. The van der Waals surface area contributed by atoms with Crippen molar-refractivity contribution in [2.45, 2.75) is 64.5 Å². The Morgan fingerprint density at radius 2 is 2.05 bits per heavy atom. The van der Waals surface area contributed by atoms with E-state index in [1.165, 1.54) is 4.90 Å². The molecule has 0 radical (unpaired) electrons. The van der Waals surface area contributed by atoms with Crippen molar-refractivity contribution >= 4 is 12.0 Å². The quantitative estimate of drug-likeness (QED) is 0.707. The molecule has 1 rings (SSSR count). The van der Waals surface area contributed by atoms with Gasteiger partial charge in [-0.15, -0.1) is 0 Å². The van der Waals surface area contributed by atoms with Crippen molar-refractivity contribution in [3.05, 3.63) is 0 Å². The van der Waals surface area contributed by atoms with Crippen LogP contribution in [-0.2, 0) is 9.53 Å². The monoisotopic (exact) mass is 300 g/mol. The molecule has 1 heterocycles. The average Bonchev–Trinajstić information content (AvgIpc) is 2.42. The molecule has 1 aliphatic heterocycles. The number of hydrogen-bond donors (Lipinski definition) is 2. The smallest absolute Gasteiger partial charge is 0.329 e. The van der Waals surface area contributed by atoms with Crippen molar-refractivity contribution in [1.29, 1.82) is 0 Å². The van der Waals surface area contributed by atoms with Crippen molar-refractivity contribution in [2.24, 2.45) is 0 Å². The second kappa shape index (κ2) is 8.22. The number of hydrogen-bond acceptors (Lipinski definition) is 3. The Balaban J connectivity index is 2.34. The fourth-order valence-corrected chi connectivity index (χ4v) is 2.51. The first kappa shape index (κ1) is 17.8. The first-order valence-electron chi connectivity index (χ1n) is 7.78. The van der Waals surface area contributed by atoms with E-state index in [9.17, 15) is 14.7 Å². The Kier molecular flexibility index (Phi) is 6.95. The number of carbonyl (C=O) groups is 2. The zero-order valence-corrected chi connectivity index (χ0v) is 13.4. The Morgan fingerprint density at radius 3 is 2.67 bits per heavy atom. The second-order valence-corrected chi connectivity index (χ2v) is 6.05. The molecule has 1 atom stereocenters. The molecule has 2 amide bonds. The van der Waals surface area contributed by atoms with Gasteiger partial charge in [-0.2, -0.15) is 0 Å². The van der Waals surface area contributed by atoms with Crippen molar-refractivity contribution < 1.29 is 19.4 Å². The molecule has 1 saturated heterocycles. The van der Waals surface area contributed by atoms with Crippen LogP contribution in [0.25, 0.3) is 0 Å². The van der Waals surface area contributed by atoms with Gasteiger partial charge in [-0.3, -0.25) is 0 Å². The van der Waals surface area contributed by atoms with Crippen LogP contribution in [-0.4, -0.2) is 53.3 Å². The number of urea groups is 1. The lowest BCUT2D eigenvalue weighted by Gasteiger charge is -2.41. The molecule has 6 heteroatoms. The first-order valence-corrected chi connectivity index (χ1v) is 7.78. The van der Waals surface area contributed by atoms with Crippen LogP contribution in [0.3, 0.4) is 0 Å². The number of rotatable bonds is 7. The molecule has 0 saturated carbocycles. The summed E-state index contributed by atoms with van der Waals surface area (Å²) in [4.78, 5) is 25.1. The summed E-state index contributed by atoms with van der Waals surface area (Å²) in [6.07, 6.45) is 4.16. The molecular weight excluding hydrogens is 272 g/mol. The number of ether oxygens (including phenoxy) is 1. The van der Waals surface area contributed by atoms with Crippen LogP contribution in [0.15, 0.2) is 0 Å². The van der Waals surface area contributed by atoms with E-state index in [1.807, 2.05) is 13.8 Å². The van der Waals surface area contributed by atoms with Crippen LogP contribution < -0.4 is 5.32 Å². The molecule has 0 spiro atoms. The maximum atomic E-state index is 12.2. The van der Waals surface area contributed by atoms with Gasteiger partial charge in [-0.1, -0.05) is 0 Å². The largest absolute Gasteiger partial charge is 0.480 e.